The molecule has 0 aromatic carbocycles. The van der Waals surface area contributed by atoms with Gasteiger partial charge in [0, 0.05) is 24.2 Å². The minimum Gasteiger partial charge on any atom is -0.444 e. The predicted molar refractivity (Wildman–Crippen MR) is 122 cm³/mol. The van der Waals surface area contributed by atoms with Crippen LogP contribution in [0, 0.1) is 6.92 Å². The molecule has 166 valence electrons. The fraction of sp³-hybridized carbons (Fsp3) is 0.304. The lowest BCUT2D eigenvalue weighted by Crippen LogP contribution is -2.27. The normalized spacial score (nSPS) is 11.0. The van der Waals surface area contributed by atoms with E-state index in [0.717, 1.165) is 11.3 Å². The van der Waals surface area contributed by atoms with Crippen molar-refractivity contribution in [2.45, 2.75) is 46.6 Å². The van der Waals surface area contributed by atoms with Gasteiger partial charge < -0.3 is 10.1 Å². The van der Waals surface area contributed by atoms with Crippen LogP contribution in [0.15, 0.2) is 43.0 Å². The number of carbonyl (C=O) groups excluding carboxylic acids is 2. The van der Waals surface area contributed by atoms with Crippen molar-refractivity contribution in [3.8, 4) is 11.3 Å². The van der Waals surface area contributed by atoms with Crippen LogP contribution in [0.5, 0.6) is 0 Å². The molecular weight excluding hydrogens is 408 g/mol. The second kappa shape index (κ2) is 9.51. The first-order valence-corrected chi connectivity index (χ1v) is 10.2. The largest absolute Gasteiger partial charge is 0.444 e. The van der Waals surface area contributed by atoms with E-state index in [2.05, 4.69) is 30.6 Å². The average Bonchev–Trinajstić information content (AvgIpc) is 2.73. The van der Waals surface area contributed by atoms with Gasteiger partial charge in [0.2, 0.25) is 0 Å². The molecule has 0 unspecified atom stereocenters. The topological polar surface area (TPSA) is 119 Å². The summed E-state index contributed by atoms with van der Waals surface area (Å²) in [7, 11) is 0. The number of nitrogens with zero attached hydrogens (tertiary/aromatic N) is 4. The molecule has 0 aliphatic carbocycles. The zero-order valence-electron chi connectivity index (χ0n) is 18.8. The van der Waals surface area contributed by atoms with Gasteiger partial charge in [-0.15, -0.1) is 0 Å². The zero-order valence-corrected chi connectivity index (χ0v) is 18.8. The van der Waals surface area contributed by atoms with E-state index in [9.17, 15) is 9.59 Å². The summed E-state index contributed by atoms with van der Waals surface area (Å²) in [5.74, 6) is 0.845. The van der Waals surface area contributed by atoms with Gasteiger partial charge in [-0.1, -0.05) is 6.92 Å². The van der Waals surface area contributed by atoms with Gasteiger partial charge in [-0.05, 0) is 51.5 Å². The van der Waals surface area contributed by atoms with E-state index in [0.29, 0.717) is 35.0 Å². The van der Waals surface area contributed by atoms with Gasteiger partial charge in [0.25, 0.3) is 0 Å². The molecule has 0 saturated heterocycles. The Hall–Kier alpha value is -3.88. The highest BCUT2D eigenvalue weighted by Crippen LogP contribution is 2.29. The van der Waals surface area contributed by atoms with Gasteiger partial charge in [0.05, 0.1) is 17.6 Å². The van der Waals surface area contributed by atoms with Crippen molar-refractivity contribution in [1.82, 2.24) is 19.9 Å². The molecule has 0 radical (unpaired) electrons. The van der Waals surface area contributed by atoms with E-state index in [4.69, 9.17) is 4.74 Å². The van der Waals surface area contributed by atoms with Gasteiger partial charge in [0.15, 0.2) is 5.78 Å². The van der Waals surface area contributed by atoms with Crippen LogP contribution < -0.4 is 10.6 Å². The van der Waals surface area contributed by atoms with Crippen molar-refractivity contribution in [2.75, 3.05) is 10.6 Å². The van der Waals surface area contributed by atoms with Crippen LogP contribution in [0.3, 0.4) is 0 Å². The number of aryl methyl sites for hydroxylation is 1. The summed E-state index contributed by atoms with van der Waals surface area (Å²) in [5, 5.41) is 5.87. The maximum atomic E-state index is 12.1. The maximum absolute atomic E-state index is 12.1. The number of ether oxygens (including phenoxy) is 1. The Bertz CT molecular complexity index is 1140. The number of ketones is 1. The Morgan fingerprint density at radius 3 is 2.56 bits per heavy atom. The summed E-state index contributed by atoms with van der Waals surface area (Å²) in [5.41, 5.74) is 2.66. The molecule has 1 amide bonds. The number of carbonyl (C=O) groups is 2. The van der Waals surface area contributed by atoms with Gasteiger partial charge in [-0.25, -0.2) is 19.7 Å². The van der Waals surface area contributed by atoms with E-state index in [1.165, 1.54) is 6.33 Å². The molecule has 3 rings (SSSR count). The van der Waals surface area contributed by atoms with Gasteiger partial charge in [-0.3, -0.25) is 15.1 Å². The molecule has 0 aliphatic rings. The molecule has 9 heteroatoms. The van der Waals surface area contributed by atoms with Crippen molar-refractivity contribution >= 4 is 29.2 Å². The minimum atomic E-state index is -0.621. The third-order valence-corrected chi connectivity index (χ3v) is 4.35. The number of Topliss-reactive ketones (excluding diaryl/α,β-unsaturated/α-hetero) is 1. The molecule has 0 spiro atoms. The predicted octanol–water partition coefficient (Wildman–Crippen LogP) is 4.93. The summed E-state index contributed by atoms with van der Waals surface area (Å²) in [6, 6.07) is 7.04. The van der Waals surface area contributed by atoms with E-state index in [1.54, 1.807) is 58.3 Å². The molecular formula is C23H26N6O3. The molecule has 32 heavy (non-hydrogen) atoms. The van der Waals surface area contributed by atoms with E-state index >= 15 is 0 Å². The molecule has 3 aromatic rings. The summed E-state index contributed by atoms with van der Waals surface area (Å²) in [6.07, 6.45) is 4.43. The maximum Gasteiger partial charge on any atom is 0.413 e. The first kappa shape index (κ1) is 22.8. The van der Waals surface area contributed by atoms with Crippen LogP contribution in [0.1, 0.15) is 50.2 Å². The molecule has 0 fully saturated rings. The van der Waals surface area contributed by atoms with Crippen LogP contribution in [0.25, 0.3) is 11.3 Å². The standard InChI is InChI=1S/C23H26N6O3/c1-6-19(30)17-10-14(2)18(12-25-17)28-21-15(8-7-9-24-21)16-11-20(27-13-26-16)29-22(31)32-23(3,4)5/h7-13H,6H2,1-5H3,(H,24,28)(H,26,27,29,31). The second-order valence-corrected chi connectivity index (χ2v) is 8.10. The van der Waals surface area contributed by atoms with E-state index in [-0.39, 0.29) is 5.78 Å². The number of amides is 1. The minimum absolute atomic E-state index is 0.0100. The molecule has 0 bridgehead atoms. The number of hydrogen-bond acceptors (Lipinski definition) is 8. The van der Waals surface area contributed by atoms with E-state index < -0.39 is 11.7 Å². The highest BCUT2D eigenvalue weighted by Gasteiger charge is 2.17. The summed E-state index contributed by atoms with van der Waals surface area (Å²) < 4.78 is 5.27. The molecule has 3 heterocycles. The van der Waals surface area contributed by atoms with Crippen molar-refractivity contribution in [3.63, 3.8) is 0 Å². The number of anilines is 3. The van der Waals surface area contributed by atoms with Crippen molar-refractivity contribution in [2.24, 2.45) is 0 Å². The Morgan fingerprint density at radius 2 is 1.88 bits per heavy atom. The molecule has 2 N–H and O–H groups in total. The third-order valence-electron chi connectivity index (χ3n) is 4.35. The van der Waals surface area contributed by atoms with Crippen LogP contribution in [-0.4, -0.2) is 37.4 Å². The first-order chi connectivity index (χ1) is 15.2. The fourth-order valence-electron chi connectivity index (χ4n) is 2.84. The lowest BCUT2D eigenvalue weighted by molar-refractivity contribution is 0.0635. The third kappa shape index (κ3) is 5.84. The monoisotopic (exact) mass is 434 g/mol. The molecule has 3 aromatic heterocycles. The van der Waals surface area contributed by atoms with Crippen molar-refractivity contribution in [3.05, 3.63) is 54.2 Å². The second-order valence-electron chi connectivity index (χ2n) is 8.10. The lowest BCUT2D eigenvalue weighted by atomic mass is 10.1. The quantitative estimate of drug-likeness (QED) is 0.524. The van der Waals surface area contributed by atoms with Crippen molar-refractivity contribution in [1.29, 1.82) is 0 Å². The van der Waals surface area contributed by atoms with Crippen LogP contribution in [0.2, 0.25) is 0 Å². The Morgan fingerprint density at radius 1 is 1.09 bits per heavy atom. The summed E-state index contributed by atoms with van der Waals surface area (Å²) in [4.78, 5) is 41.1. The summed E-state index contributed by atoms with van der Waals surface area (Å²) >= 11 is 0. The van der Waals surface area contributed by atoms with Crippen molar-refractivity contribution < 1.29 is 14.3 Å². The molecule has 0 saturated carbocycles. The zero-order chi connectivity index (χ0) is 23.3. The van der Waals surface area contributed by atoms with Crippen LogP contribution in [0.4, 0.5) is 22.1 Å². The number of pyridine rings is 2. The van der Waals surface area contributed by atoms with Gasteiger partial charge >= 0.3 is 6.09 Å². The number of hydrogen-bond donors (Lipinski definition) is 2. The smallest absolute Gasteiger partial charge is 0.413 e. The fourth-order valence-corrected chi connectivity index (χ4v) is 2.84. The Kier molecular flexibility index (Phi) is 6.77. The average molecular weight is 435 g/mol. The Balaban J connectivity index is 1.86. The van der Waals surface area contributed by atoms with Crippen LogP contribution in [-0.2, 0) is 4.74 Å². The number of rotatable bonds is 6. The van der Waals surface area contributed by atoms with E-state index in [1.807, 2.05) is 13.0 Å². The summed E-state index contributed by atoms with van der Waals surface area (Å²) in [6.45, 7) is 9.05. The highest BCUT2D eigenvalue weighted by atomic mass is 16.6. The SMILES string of the molecule is CCC(=O)c1cc(C)c(Nc2ncccc2-c2cc(NC(=O)OC(C)(C)C)ncn2)cn1. The highest BCUT2D eigenvalue weighted by molar-refractivity contribution is 5.94. The van der Waals surface area contributed by atoms with Gasteiger partial charge in [0.1, 0.15) is 29.3 Å². The lowest BCUT2D eigenvalue weighted by Gasteiger charge is -2.19. The molecule has 0 aliphatic heterocycles. The number of nitrogens with one attached hydrogen (secondary N) is 2. The Labute approximate surface area is 186 Å². The number of aromatic nitrogens is 4. The first-order valence-electron chi connectivity index (χ1n) is 10.2. The molecule has 9 nitrogen and oxygen atoms in total. The van der Waals surface area contributed by atoms with Gasteiger partial charge in [-0.2, -0.15) is 0 Å². The molecule has 0 atom stereocenters. The van der Waals surface area contributed by atoms with Crippen LogP contribution >= 0.6 is 0 Å².